The molecule has 0 bridgehead atoms. The molecule has 3 heterocycles. The summed E-state index contributed by atoms with van der Waals surface area (Å²) in [5.74, 6) is 0. The third-order valence-corrected chi connectivity index (χ3v) is 13.1. The molecule has 1 aromatic carbocycles. The molecule has 0 radical (unpaired) electrons. The number of rotatable bonds is 13. The minimum atomic E-state index is -0.158. The zero-order valence-corrected chi connectivity index (χ0v) is 39.2. The van der Waals surface area contributed by atoms with Crippen LogP contribution in [0.5, 0.6) is 0 Å². The van der Waals surface area contributed by atoms with Gasteiger partial charge >= 0.3 is 0 Å². The molecule has 326 valence electrons. The van der Waals surface area contributed by atoms with Crippen LogP contribution in [0.2, 0.25) is 0 Å². The van der Waals surface area contributed by atoms with Gasteiger partial charge in [-0.1, -0.05) is 30.3 Å². The highest BCUT2D eigenvalue weighted by Gasteiger charge is 2.35. The maximum absolute atomic E-state index is 6.34. The maximum Gasteiger partial charge on any atom is 0.0932 e. The first kappa shape index (κ1) is 43.9. The molecular weight excluding hydrogens is 751 g/mol. The Morgan fingerprint density at radius 3 is 1.34 bits per heavy atom. The van der Waals surface area contributed by atoms with Crippen LogP contribution in [0.3, 0.4) is 0 Å². The van der Waals surface area contributed by atoms with Gasteiger partial charge in [-0.05, 0) is 239 Å². The Kier molecular flexibility index (Phi) is 13.1. The summed E-state index contributed by atoms with van der Waals surface area (Å²) in [5.41, 5.74) is 22.4. The molecule has 0 saturated carbocycles. The first-order valence-electron chi connectivity index (χ1n) is 23.9. The predicted molar refractivity (Wildman–Crippen MR) is 251 cm³/mol. The van der Waals surface area contributed by atoms with E-state index in [4.69, 9.17) is 29.2 Å². The van der Waals surface area contributed by atoms with Gasteiger partial charge in [0.1, 0.15) is 0 Å². The second-order valence-electron chi connectivity index (χ2n) is 21.2. The Labute approximate surface area is 367 Å². The fourth-order valence-corrected chi connectivity index (χ4v) is 10.4. The zero-order chi connectivity index (χ0) is 42.9. The van der Waals surface area contributed by atoms with Crippen molar-refractivity contribution < 1.29 is 14.2 Å². The Balaban J connectivity index is 1.29. The summed E-state index contributed by atoms with van der Waals surface area (Å²) in [6.07, 6.45) is 20.4. The first-order chi connectivity index (χ1) is 29.1. The van der Waals surface area contributed by atoms with Gasteiger partial charge in [-0.15, -0.1) is 0 Å². The van der Waals surface area contributed by atoms with Crippen molar-refractivity contribution in [3.63, 3.8) is 0 Å². The number of hydrogen-bond acceptors (Lipinski definition) is 6. The normalized spacial score (nSPS) is 16.7. The highest BCUT2D eigenvalue weighted by molar-refractivity contribution is 5.85. The molecule has 61 heavy (non-hydrogen) atoms. The molecule has 0 fully saturated rings. The van der Waals surface area contributed by atoms with Crippen molar-refractivity contribution in [3.05, 3.63) is 97.4 Å². The molecule has 0 atom stereocenters. The minimum absolute atomic E-state index is 0.130. The van der Waals surface area contributed by atoms with Gasteiger partial charge in [-0.3, -0.25) is 4.98 Å². The van der Waals surface area contributed by atoms with Crippen molar-refractivity contribution in [2.75, 3.05) is 19.8 Å². The van der Waals surface area contributed by atoms with Gasteiger partial charge in [-0.25, -0.2) is 9.97 Å². The molecule has 6 nitrogen and oxygen atoms in total. The summed E-state index contributed by atoms with van der Waals surface area (Å²) in [4.78, 5) is 17.4. The quantitative estimate of drug-likeness (QED) is 0.125. The smallest absolute Gasteiger partial charge is 0.0932 e. The lowest BCUT2D eigenvalue weighted by molar-refractivity contribution is -0.00425. The summed E-state index contributed by atoms with van der Waals surface area (Å²) in [6.45, 7) is 21.7. The number of nitrogens with zero attached hydrogens (tertiary/aromatic N) is 3. The van der Waals surface area contributed by atoms with Crippen molar-refractivity contribution in [3.8, 4) is 22.8 Å². The number of aryl methyl sites for hydroxylation is 1. The largest absolute Gasteiger partial charge is 0.376 e. The van der Waals surface area contributed by atoms with Crippen molar-refractivity contribution in [1.29, 1.82) is 0 Å². The Bertz CT molecular complexity index is 2250. The van der Waals surface area contributed by atoms with E-state index in [0.717, 1.165) is 139 Å². The van der Waals surface area contributed by atoms with E-state index in [1.165, 1.54) is 79.9 Å². The third-order valence-electron chi connectivity index (χ3n) is 13.1. The summed E-state index contributed by atoms with van der Waals surface area (Å²) in [5, 5.41) is 0. The first-order valence-corrected chi connectivity index (χ1v) is 23.9. The average Bonchev–Trinajstić information content (AvgIpc) is 3.21. The lowest BCUT2D eigenvalue weighted by Crippen LogP contribution is -2.24. The SMILES string of the molecule is CC(C)(C)OCCCc1c2c(nc3c1CCc1c-3nc3c(c1CCCOC(C)(C)C)CCc1c-3nc3c(c1CCCOC(C)(C)C)CCC/C3=C\c1ccccc1)CCCC2. The van der Waals surface area contributed by atoms with Crippen LogP contribution in [0.1, 0.15) is 174 Å². The molecule has 4 aliphatic carbocycles. The molecule has 0 amide bonds. The highest BCUT2D eigenvalue weighted by Crippen LogP contribution is 2.46. The molecule has 3 aromatic heterocycles. The number of aromatic nitrogens is 3. The second kappa shape index (κ2) is 18.2. The number of hydrogen-bond donors (Lipinski definition) is 0. The Morgan fingerprint density at radius 2 is 0.852 bits per heavy atom. The van der Waals surface area contributed by atoms with Gasteiger partial charge in [-0.2, -0.15) is 0 Å². The van der Waals surface area contributed by atoms with E-state index in [-0.39, 0.29) is 16.8 Å². The van der Waals surface area contributed by atoms with Crippen LogP contribution in [-0.2, 0) is 78.4 Å². The minimum Gasteiger partial charge on any atom is -0.376 e. The van der Waals surface area contributed by atoms with Crippen molar-refractivity contribution in [2.45, 2.75) is 188 Å². The van der Waals surface area contributed by atoms with E-state index < -0.39 is 0 Å². The van der Waals surface area contributed by atoms with Gasteiger partial charge < -0.3 is 14.2 Å². The Morgan fingerprint density at radius 1 is 0.443 bits per heavy atom. The van der Waals surface area contributed by atoms with E-state index in [9.17, 15) is 0 Å². The van der Waals surface area contributed by atoms with Crippen LogP contribution in [0.4, 0.5) is 0 Å². The average molecular weight is 824 g/mol. The summed E-state index contributed by atoms with van der Waals surface area (Å²) < 4.78 is 18.9. The molecule has 0 spiro atoms. The van der Waals surface area contributed by atoms with E-state index in [1.54, 1.807) is 5.56 Å². The lowest BCUT2D eigenvalue weighted by Gasteiger charge is -2.33. The topological polar surface area (TPSA) is 66.4 Å². The molecule has 0 N–H and O–H groups in total. The Hall–Kier alpha value is -3.71. The van der Waals surface area contributed by atoms with E-state index in [0.29, 0.717) is 0 Å². The van der Waals surface area contributed by atoms with Gasteiger partial charge in [0.05, 0.1) is 45.3 Å². The number of benzene rings is 1. The molecule has 0 unspecified atom stereocenters. The summed E-state index contributed by atoms with van der Waals surface area (Å²) >= 11 is 0. The monoisotopic (exact) mass is 824 g/mol. The second-order valence-corrected chi connectivity index (χ2v) is 21.2. The van der Waals surface area contributed by atoms with Gasteiger partial charge in [0.15, 0.2) is 0 Å². The standard InChI is InChI=1S/C55H73N3O3/c1-53(2,3)59-32-16-24-38-41-22-13-14-27-47(41)56-49-43(38)28-29-45-40(26-18-34-61-55(7,8)9)46-31-30-44-39(25-17-33-60-54(4,5)6)42-23-15-21-37(35-36-19-11-10-12-20-36)48(42)57-51(44)52(46)58-50(45)49/h10-12,19-20,35H,13-18,21-34H2,1-9H3/b37-35+. The molecule has 0 saturated heterocycles. The van der Waals surface area contributed by atoms with E-state index in [2.05, 4.69) is 98.7 Å². The molecule has 0 aliphatic heterocycles. The summed E-state index contributed by atoms with van der Waals surface area (Å²) in [7, 11) is 0. The van der Waals surface area contributed by atoms with Crippen LogP contribution in [0.15, 0.2) is 30.3 Å². The van der Waals surface area contributed by atoms with Crippen LogP contribution in [-0.4, -0.2) is 51.6 Å². The highest BCUT2D eigenvalue weighted by atomic mass is 16.5. The van der Waals surface area contributed by atoms with E-state index in [1.807, 2.05) is 0 Å². The van der Waals surface area contributed by atoms with Crippen molar-refractivity contribution in [1.82, 2.24) is 15.0 Å². The fourth-order valence-electron chi connectivity index (χ4n) is 10.4. The predicted octanol–water partition coefficient (Wildman–Crippen LogP) is 12.4. The fraction of sp³-hybridized carbons (Fsp3) is 0.582. The van der Waals surface area contributed by atoms with Gasteiger partial charge in [0.2, 0.25) is 0 Å². The van der Waals surface area contributed by atoms with Crippen molar-refractivity contribution in [2.24, 2.45) is 0 Å². The molecule has 4 aromatic rings. The van der Waals surface area contributed by atoms with Crippen LogP contribution >= 0.6 is 0 Å². The molecular formula is C55H73N3O3. The van der Waals surface area contributed by atoms with Crippen molar-refractivity contribution >= 4 is 11.6 Å². The maximum atomic E-state index is 6.34. The molecule has 8 rings (SSSR count). The van der Waals surface area contributed by atoms with Crippen LogP contribution in [0, 0.1) is 0 Å². The third kappa shape index (κ3) is 10.2. The van der Waals surface area contributed by atoms with Crippen LogP contribution in [0.25, 0.3) is 34.4 Å². The number of allylic oxidation sites excluding steroid dienone is 1. The number of pyridine rings is 3. The summed E-state index contributed by atoms with van der Waals surface area (Å²) in [6, 6.07) is 10.8. The number of ether oxygens (including phenoxy) is 3. The zero-order valence-electron chi connectivity index (χ0n) is 39.2. The van der Waals surface area contributed by atoms with Gasteiger partial charge in [0, 0.05) is 25.5 Å². The lowest BCUT2D eigenvalue weighted by atomic mass is 9.76. The molecule has 6 heteroatoms. The van der Waals surface area contributed by atoms with Crippen LogP contribution < -0.4 is 0 Å². The molecule has 4 aliphatic rings. The van der Waals surface area contributed by atoms with E-state index >= 15 is 0 Å². The van der Waals surface area contributed by atoms with Gasteiger partial charge in [0.25, 0.3) is 0 Å². The number of fused-ring (bicyclic) bond motifs is 8.